The zero-order chi connectivity index (χ0) is 22.6. The summed E-state index contributed by atoms with van der Waals surface area (Å²) in [5.41, 5.74) is -2.94. The van der Waals surface area contributed by atoms with Crippen LogP contribution in [-0.4, -0.2) is 54.9 Å². The van der Waals surface area contributed by atoms with E-state index in [0.29, 0.717) is 0 Å². The molecule has 3 heterocycles. The number of hydrogen-bond acceptors (Lipinski definition) is 7. The van der Waals surface area contributed by atoms with Crippen LogP contribution in [0, 0.1) is 5.82 Å². The Kier molecular flexibility index (Phi) is 5.74. The zero-order valence-electron chi connectivity index (χ0n) is 18.3. The standard InChI is InChI=1S/C19H29FN2O7Si/c1-18(2,3)30(6,7)26-9-11-13-14(29-19(4,5)28-13)16(27-11)22-10(8-23)12(20)15(24)21-17(22)25/h8,11,13-14,16H,9H2,1-7H3,(H,21,24,25)/t11-,13-,14-,16-/m1/s1. The van der Waals surface area contributed by atoms with Crippen LogP contribution in [0.1, 0.15) is 51.3 Å². The average molecular weight is 445 g/mol. The van der Waals surface area contributed by atoms with Crippen molar-refractivity contribution < 1.29 is 27.8 Å². The summed E-state index contributed by atoms with van der Waals surface area (Å²) in [5.74, 6) is -2.33. The number of nitrogens with one attached hydrogen (secondary N) is 1. The van der Waals surface area contributed by atoms with Crippen molar-refractivity contribution in [1.29, 1.82) is 0 Å². The van der Waals surface area contributed by atoms with Crippen LogP contribution in [0.4, 0.5) is 4.39 Å². The summed E-state index contributed by atoms with van der Waals surface area (Å²) in [6.45, 7) is 14.1. The van der Waals surface area contributed by atoms with Gasteiger partial charge in [0.2, 0.25) is 5.82 Å². The average Bonchev–Trinajstić information content (AvgIpc) is 3.08. The molecule has 4 atom stereocenters. The van der Waals surface area contributed by atoms with E-state index in [4.69, 9.17) is 18.6 Å². The lowest BCUT2D eigenvalue weighted by molar-refractivity contribution is -0.200. The van der Waals surface area contributed by atoms with Gasteiger partial charge >= 0.3 is 5.69 Å². The second kappa shape index (κ2) is 7.48. The van der Waals surface area contributed by atoms with Crippen LogP contribution < -0.4 is 11.2 Å². The zero-order valence-corrected chi connectivity index (χ0v) is 19.3. The van der Waals surface area contributed by atoms with Crippen molar-refractivity contribution in [1.82, 2.24) is 9.55 Å². The number of H-pyrrole nitrogens is 1. The molecule has 1 aromatic heterocycles. The largest absolute Gasteiger partial charge is 0.414 e. The van der Waals surface area contributed by atoms with Crippen LogP contribution in [0.3, 0.4) is 0 Å². The minimum absolute atomic E-state index is 0.0274. The Balaban J connectivity index is 1.97. The van der Waals surface area contributed by atoms with E-state index in [0.717, 1.165) is 4.57 Å². The number of aldehydes is 1. The molecule has 11 heteroatoms. The van der Waals surface area contributed by atoms with Crippen molar-refractivity contribution in [3.8, 4) is 0 Å². The maximum Gasteiger partial charge on any atom is 0.331 e. The summed E-state index contributed by atoms with van der Waals surface area (Å²) < 4.78 is 39.2. The van der Waals surface area contributed by atoms with Crippen molar-refractivity contribution in [3.63, 3.8) is 0 Å². The maximum atomic E-state index is 14.2. The first-order valence-electron chi connectivity index (χ1n) is 9.83. The quantitative estimate of drug-likeness (QED) is 0.546. The van der Waals surface area contributed by atoms with Crippen molar-refractivity contribution in [3.05, 3.63) is 32.3 Å². The van der Waals surface area contributed by atoms with E-state index in [-0.39, 0.29) is 17.9 Å². The molecule has 0 aliphatic carbocycles. The van der Waals surface area contributed by atoms with E-state index in [1.807, 2.05) is 4.98 Å². The summed E-state index contributed by atoms with van der Waals surface area (Å²) >= 11 is 0. The highest BCUT2D eigenvalue weighted by molar-refractivity contribution is 6.74. The third kappa shape index (κ3) is 3.96. The molecule has 0 aromatic carbocycles. The molecule has 1 N–H and O–H groups in total. The molecule has 0 amide bonds. The van der Waals surface area contributed by atoms with Gasteiger partial charge in [0.15, 0.2) is 26.6 Å². The fourth-order valence-electron chi connectivity index (χ4n) is 3.41. The molecule has 2 fully saturated rings. The van der Waals surface area contributed by atoms with E-state index in [1.54, 1.807) is 13.8 Å². The van der Waals surface area contributed by atoms with Gasteiger partial charge in [0, 0.05) is 0 Å². The summed E-state index contributed by atoms with van der Waals surface area (Å²) in [4.78, 5) is 37.4. The van der Waals surface area contributed by atoms with Crippen LogP contribution in [0.25, 0.3) is 0 Å². The van der Waals surface area contributed by atoms with Gasteiger partial charge in [-0.1, -0.05) is 20.8 Å². The Labute approximate surface area is 174 Å². The first-order chi connectivity index (χ1) is 13.7. The number of fused-ring (bicyclic) bond motifs is 1. The van der Waals surface area contributed by atoms with E-state index < -0.39 is 61.4 Å². The van der Waals surface area contributed by atoms with Gasteiger partial charge in [-0.2, -0.15) is 4.39 Å². The molecule has 9 nitrogen and oxygen atoms in total. The van der Waals surface area contributed by atoms with Gasteiger partial charge < -0.3 is 18.6 Å². The molecular formula is C19H29FN2O7Si. The fourth-order valence-corrected chi connectivity index (χ4v) is 4.43. The second-order valence-electron chi connectivity index (χ2n) is 9.65. The van der Waals surface area contributed by atoms with Gasteiger partial charge in [-0.25, -0.2) is 4.79 Å². The number of hydrogen-bond donors (Lipinski definition) is 1. The van der Waals surface area contributed by atoms with Gasteiger partial charge in [0.25, 0.3) is 5.56 Å². The van der Waals surface area contributed by atoms with Crippen molar-refractivity contribution >= 4 is 14.6 Å². The van der Waals surface area contributed by atoms with Crippen LogP contribution in [0.5, 0.6) is 0 Å². The topological polar surface area (TPSA) is 109 Å². The van der Waals surface area contributed by atoms with Crippen LogP contribution in [-0.2, 0) is 18.6 Å². The number of nitrogens with zero attached hydrogens (tertiary/aromatic N) is 1. The Morgan fingerprint density at radius 1 is 1.23 bits per heavy atom. The lowest BCUT2D eigenvalue weighted by atomic mass is 10.1. The third-order valence-electron chi connectivity index (χ3n) is 6.03. The Hall–Kier alpha value is -1.66. The predicted octanol–water partition coefficient (Wildman–Crippen LogP) is 1.93. The molecule has 0 bridgehead atoms. The van der Waals surface area contributed by atoms with Crippen molar-refractivity contribution in [2.75, 3.05) is 6.61 Å². The number of ether oxygens (including phenoxy) is 3. The van der Waals surface area contributed by atoms with E-state index >= 15 is 0 Å². The van der Waals surface area contributed by atoms with Gasteiger partial charge in [0.05, 0.1) is 6.61 Å². The number of aromatic amines is 1. The van der Waals surface area contributed by atoms with E-state index in [9.17, 15) is 18.8 Å². The van der Waals surface area contributed by atoms with Crippen LogP contribution in [0.2, 0.25) is 18.1 Å². The number of aromatic nitrogens is 2. The van der Waals surface area contributed by atoms with E-state index in [1.165, 1.54) is 0 Å². The highest BCUT2D eigenvalue weighted by Crippen LogP contribution is 2.44. The summed E-state index contributed by atoms with van der Waals surface area (Å²) in [6, 6.07) is 0. The smallest absolute Gasteiger partial charge is 0.331 e. The highest BCUT2D eigenvalue weighted by atomic mass is 28.4. The van der Waals surface area contributed by atoms with Gasteiger partial charge in [-0.3, -0.25) is 19.1 Å². The first-order valence-corrected chi connectivity index (χ1v) is 12.7. The Morgan fingerprint density at radius 2 is 1.83 bits per heavy atom. The number of halogens is 1. The van der Waals surface area contributed by atoms with Gasteiger partial charge in [-0.05, 0) is 32.0 Å². The monoisotopic (exact) mass is 444 g/mol. The van der Waals surface area contributed by atoms with Crippen molar-refractivity contribution in [2.24, 2.45) is 0 Å². The molecule has 0 unspecified atom stereocenters. The molecule has 2 aliphatic heterocycles. The van der Waals surface area contributed by atoms with Crippen molar-refractivity contribution in [2.45, 2.75) is 83.1 Å². The van der Waals surface area contributed by atoms with E-state index in [2.05, 4.69) is 33.9 Å². The first kappa shape index (κ1) is 23.0. The summed E-state index contributed by atoms with van der Waals surface area (Å²) in [7, 11) is -2.11. The summed E-state index contributed by atoms with van der Waals surface area (Å²) in [6.07, 6.45) is -3.06. The lowest BCUT2D eigenvalue weighted by Gasteiger charge is -2.37. The third-order valence-corrected chi connectivity index (χ3v) is 10.5. The molecule has 1 aromatic rings. The molecule has 0 saturated carbocycles. The molecule has 2 aliphatic rings. The van der Waals surface area contributed by atoms with Gasteiger partial charge in [0.1, 0.15) is 24.0 Å². The number of carbonyl (C=O) groups excluding carboxylic acids is 1. The van der Waals surface area contributed by atoms with Crippen LogP contribution >= 0.6 is 0 Å². The van der Waals surface area contributed by atoms with Gasteiger partial charge in [-0.15, -0.1) is 0 Å². The second-order valence-corrected chi connectivity index (χ2v) is 14.5. The molecule has 3 rings (SSSR count). The number of rotatable bonds is 5. The minimum Gasteiger partial charge on any atom is -0.414 e. The summed E-state index contributed by atoms with van der Waals surface area (Å²) in [5, 5.41) is -0.0274. The molecular weight excluding hydrogens is 415 g/mol. The SMILES string of the molecule is CC1(C)O[C@@H]2[C@H](O1)[C@@H](CO[Si](C)(C)C(C)(C)C)O[C@H]2n1c(C=O)c(F)c(=O)[nH]c1=O. The molecule has 0 spiro atoms. The Morgan fingerprint density at radius 3 is 2.40 bits per heavy atom. The predicted molar refractivity (Wildman–Crippen MR) is 108 cm³/mol. The lowest BCUT2D eigenvalue weighted by Crippen LogP contribution is -2.44. The highest BCUT2D eigenvalue weighted by Gasteiger charge is 2.57. The maximum absolute atomic E-state index is 14.2. The minimum atomic E-state index is -2.11. The molecule has 168 valence electrons. The number of carbonyl (C=O) groups is 1. The Bertz CT molecular complexity index is 950. The fraction of sp³-hybridized carbons (Fsp3) is 0.737. The molecule has 2 saturated heterocycles. The molecule has 0 radical (unpaired) electrons. The molecule has 30 heavy (non-hydrogen) atoms. The normalized spacial score (nSPS) is 28.5. The van der Waals surface area contributed by atoms with Crippen LogP contribution in [0.15, 0.2) is 9.59 Å².